The molecule has 1 amide bonds. The van der Waals surface area contributed by atoms with Crippen LogP contribution < -0.4 is 15.4 Å². The number of pyridine rings is 1. The molecule has 30 heavy (non-hydrogen) atoms. The molecule has 0 radical (unpaired) electrons. The van der Waals surface area contributed by atoms with Crippen LogP contribution in [-0.4, -0.2) is 54.5 Å². The average molecular weight is 523 g/mol. The lowest BCUT2D eigenvalue weighted by molar-refractivity contribution is -0.116. The standard InChI is InChI=1S/C22H29N5O2.HI/c1-17-7-6-10-20(25-17)26-21(28)11-14-24-22(23-2)27-15-12-19(13-16-27)29-18-8-4-3-5-9-18;/h3-10,19H,11-16H2,1-2H3,(H,23,24)(H,25,26,28);1H. The summed E-state index contributed by atoms with van der Waals surface area (Å²) >= 11 is 0. The first kappa shape index (κ1) is 23.9. The zero-order valence-corrected chi connectivity index (χ0v) is 19.8. The van der Waals surface area contributed by atoms with Crippen molar-refractivity contribution >= 4 is 41.7 Å². The zero-order chi connectivity index (χ0) is 20.5. The first-order chi connectivity index (χ1) is 14.1. The van der Waals surface area contributed by atoms with E-state index in [0.717, 1.165) is 43.3 Å². The van der Waals surface area contributed by atoms with Crippen molar-refractivity contribution in [1.29, 1.82) is 0 Å². The van der Waals surface area contributed by atoms with Crippen LogP contribution in [0.15, 0.2) is 53.5 Å². The number of piperidine rings is 1. The number of guanidine groups is 1. The minimum absolute atomic E-state index is 0. The molecule has 2 aromatic rings. The molecule has 0 unspecified atom stereocenters. The van der Waals surface area contributed by atoms with E-state index in [1.165, 1.54) is 0 Å². The number of aromatic nitrogens is 1. The normalized spacial score (nSPS) is 14.6. The second-order valence-corrected chi connectivity index (χ2v) is 7.05. The molecule has 1 aliphatic heterocycles. The van der Waals surface area contributed by atoms with E-state index in [1.54, 1.807) is 13.1 Å². The molecule has 1 aliphatic rings. The zero-order valence-electron chi connectivity index (χ0n) is 17.5. The number of nitrogens with one attached hydrogen (secondary N) is 2. The monoisotopic (exact) mass is 523 g/mol. The number of amides is 1. The van der Waals surface area contributed by atoms with Crippen molar-refractivity contribution in [2.24, 2.45) is 4.99 Å². The summed E-state index contributed by atoms with van der Waals surface area (Å²) in [7, 11) is 1.77. The maximum atomic E-state index is 12.1. The Balaban J connectivity index is 0.00000320. The summed E-state index contributed by atoms with van der Waals surface area (Å²) in [6.45, 7) is 4.16. The molecule has 162 valence electrons. The van der Waals surface area contributed by atoms with Crippen molar-refractivity contribution in [2.75, 3.05) is 32.0 Å². The number of hydrogen-bond donors (Lipinski definition) is 2. The largest absolute Gasteiger partial charge is 0.490 e. The minimum Gasteiger partial charge on any atom is -0.490 e. The van der Waals surface area contributed by atoms with Crippen LogP contribution in [-0.2, 0) is 4.79 Å². The van der Waals surface area contributed by atoms with Gasteiger partial charge in [0.25, 0.3) is 0 Å². The topological polar surface area (TPSA) is 78.8 Å². The first-order valence-electron chi connectivity index (χ1n) is 10.0. The van der Waals surface area contributed by atoms with Gasteiger partial charge in [-0.2, -0.15) is 0 Å². The summed E-state index contributed by atoms with van der Waals surface area (Å²) in [6.07, 6.45) is 2.45. The van der Waals surface area contributed by atoms with E-state index >= 15 is 0 Å². The van der Waals surface area contributed by atoms with E-state index < -0.39 is 0 Å². The molecule has 1 saturated heterocycles. The number of nitrogens with zero attached hydrogens (tertiary/aromatic N) is 3. The van der Waals surface area contributed by atoms with Gasteiger partial charge in [-0.05, 0) is 31.2 Å². The van der Waals surface area contributed by atoms with Gasteiger partial charge in [0, 0.05) is 51.6 Å². The van der Waals surface area contributed by atoms with E-state index in [9.17, 15) is 4.79 Å². The highest BCUT2D eigenvalue weighted by Gasteiger charge is 2.22. The molecule has 1 aromatic heterocycles. The first-order valence-corrected chi connectivity index (χ1v) is 10.0. The number of carbonyl (C=O) groups excluding carboxylic acids is 1. The van der Waals surface area contributed by atoms with Crippen LogP contribution in [0.4, 0.5) is 5.82 Å². The van der Waals surface area contributed by atoms with Gasteiger partial charge in [0.1, 0.15) is 17.7 Å². The van der Waals surface area contributed by atoms with Crippen molar-refractivity contribution in [1.82, 2.24) is 15.2 Å². The third-order valence-corrected chi connectivity index (χ3v) is 4.79. The number of aliphatic imine (C=N–C) groups is 1. The molecule has 3 rings (SSSR count). The number of para-hydroxylation sites is 1. The summed E-state index contributed by atoms with van der Waals surface area (Å²) in [5.41, 5.74) is 0.876. The number of rotatable bonds is 6. The summed E-state index contributed by atoms with van der Waals surface area (Å²) in [5, 5.41) is 6.11. The van der Waals surface area contributed by atoms with E-state index in [1.807, 2.05) is 49.4 Å². The van der Waals surface area contributed by atoms with Crippen LogP contribution in [0.25, 0.3) is 0 Å². The third kappa shape index (κ3) is 7.47. The summed E-state index contributed by atoms with van der Waals surface area (Å²) in [5.74, 6) is 2.26. The lowest BCUT2D eigenvalue weighted by atomic mass is 10.1. The van der Waals surface area contributed by atoms with Crippen molar-refractivity contribution < 1.29 is 9.53 Å². The van der Waals surface area contributed by atoms with Gasteiger partial charge in [0.2, 0.25) is 5.91 Å². The maximum absolute atomic E-state index is 12.1. The van der Waals surface area contributed by atoms with Crippen LogP contribution in [0, 0.1) is 6.92 Å². The van der Waals surface area contributed by atoms with Crippen LogP contribution >= 0.6 is 24.0 Å². The number of likely N-dealkylation sites (tertiary alicyclic amines) is 1. The third-order valence-electron chi connectivity index (χ3n) is 4.79. The number of anilines is 1. The SMILES string of the molecule is CN=C(NCCC(=O)Nc1cccc(C)n1)N1CCC(Oc2ccccc2)CC1.I. The highest BCUT2D eigenvalue weighted by Crippen LogP contribution is 2.18. The smallest absolute Gasteiger partial charge is 0.227 e. The molecule has 8 heteroatoms. The fraction of sp³-hybridized carbons (Fsp3) is 0.409. The average Bonchev–Trinajstić information content (AvgIpc) is 2.73. The summed E-state index contributed by atoms with van der Waals surface area (Å²) in [4.78, 5) is 23.0. The van der Waals surface area contributed by atoms with Gasteiger partial charge in [-0.1, -0.05) is 24.3 Å². The molecule has 0 aliphatic carbocycles. The van der Waals surface area contributed by atoms with Crippen molar-refractivity contribution in [3.8, 4) is 5.75 Å². The Morgan fingerprint density at radius 1 is 1.17 bits per heavy atom. The van der Waals surface area contributed by atoms with Gasteiger partial charge >= 0.3 is 0 Å². The number of aryl methyl sites for hydroxylation is 1. The molecule has 0 atom stereocenters. The molecule has 7 nitrogen and oxygen atoms in total. The van der Waals surface area contributed by atoms with Crippen molar-refractivity contribution in [3.05, 3.63) is 54.2 Å². The van der Waals surface area contributed by atoms with Crippen LogP contribution in [0.1, 0.15) is 25.0 Å². The number of hydrogen-bond acceptors (Lipinski definition) is 4. The molecular weight excluding hydrogens is 493 g/mol. The molecule has 1 fully saturated rings. The van der Waals surface area contributed by atoms with Gasteiger partial charge in [-0.25, -0.2) is 4.98 Å². The summed E-state index contributed by atoms with van der Waals surface area (Å²) in [6, 6.07) is 15.5. The Labute approximate surface area is 195 Å². The minimum atomic E-state index is -0.0685. The Morgan fingerprint density at radius 2 is 1.90 bits per heavy atom. The van der Waals surface area contributed by atoms with Gasteiger partial charge < -0.3 is 20.3 Å². The lowest BCUT2D eigenvalue weighted by Crippen LogP contribution is -2.48. The highest BCUT2D eigenvalue weighted by atomic mass is 127. The number of benzene rings is 1. The van der Waals surface area contributed by atoms with Gasteiger partial charge in [0.05, 0.1) is 0 Å². The second-order valence-electron chi connectivity index (χ2n) is 7.05. The molecule has 0 saturated carbocycles. The van der Waals surface area contributed by atoms with Gasteiger partial charge in [-0.3, -0.25) is 9.79 Å². The summed E-state index contributed by atoms with van der Waals surface area (Å²) < 4.78 is 6.05. The van der Waals surface area contributed by atoms with Crippen molar-refractivity contribution in [3.63, 3.8) is 0 Å². The Hall–Kier alpha value is -2.36. The van der Waals surface area contributed by atoms with Crippen LogP contribution in [0.2, 0.25) is 0 Å². The molecule has 1 aromatic carbocycles. The van der Waals surface area contributed by atoms with E-state index in [-0.39, 0.29) is 36.0 Å². The number of halogens is 1. The Bertz CT molecular complexity index is 823. The Kier molecular flexibility index (Phi) is 9.85. The molecule has 0 bridgehead atoms. The maximum Gasteiger partial charge on any atom is 0.227 e. The van der Waals surface area contributed by atoms with E-state index in [2.05, 4.69) is 25.5 Å². The van der Waals surface area contributed by atoms with E-state index in [0.29, 0.717) is 18.8 Å². The van der Waals surface area contributed by atoms with Crippen LogP contribution in [0.5, 0.6) is 5.75 Å². The van der Waals surface area contributed by atoms with Crippen molar-refractivity contribution in [2.45, 2.75) is 32.3 Å². The lowest BCUT2D eigenvalue weighted by Gasteiger charge is -2.34. The Morgan fingerprint density at radius 3 is 2.57 bits per heavy atom. The number of ether oxygens (including phenoxy) is 1. The molecule has 0 spiro atoms. The predicted molar refractivity (Wildman–Crippen MR) is 131 cm³/mol. The quantitative estimate of drug-likeness (QED) is 0.345. The fourth-order valence-electron chi connectivity index (χ4n) is 3.32. The van der Waals surface area contributed by atoms with E-state index in [4.69, 9.17) is 4.74 Å². The number of carbonyl (C=O) groups is 1. The predicted octanol–water partition coefficient (Wildman–Crippen LogP) is 3.46. The second kappa shape index (κ2) is 12.4. The van der Waals surface area contributed by atoms with Gasteiger partial charge in [-0.15, -0.1) is 24.0 Å². The highest BCUT2D eigenvalue weighted by molar-refractivity contribution is 14.0. The van der Waals surface area contributed by atoms with Crippen LogP contribution in [0.3, 0.4) is 0 Å². The molecular formula is C22H30IN5O2. The molecule has 2 heterocycles. The molecule has 2 N–H and O–H groups in total. The van der Waals surface area contributed by atoms with Gasteiger partial charge in [0.15, 0.2) is 5.96 Å². The fourth-order valence-corrected chi connectivity index (χ4v) is 3.32.